The van der Waals surface area contributed by atoms with E-state index in [0.717, 1.165) is 11.1 Å². The quantitative estimate of drug-likeness (QED) is 0.880. The highest BCUT2D eigenvalue weighted by Gasteiger charge is 2.16. The zero-order chi connectivity index (χ0) is 16.2. The average Bonchev–Trinajstić information content (AvgIpc) is 3.02. The molecule has 0 aliphatic carbocycles. The number of amides is 1. The fourth-order valence-electron chi connectivity index (χ4n) is 2.27. The highest BCUT2D eigenvalue weighted by Crippen LogP contribution is 2.34. The van der Waals surface area contributed by atoms with Crippen LogP contribution in [-0.4, -0.2) is 12.7 Å². The van der Waals surface area contributed by atoms with Gasteiger partial charge in [0.2, 0.25) is 12.7 Å². The Bertz CT molecular complexity index is 740. The van der Waals surface area contributed by atoms with Crippen LogP contribution in [0.15, 0.2) is 48.5 Å². The van der Waals surface area contributed by atoms with Gasteiger partial charge in [-0.25, -0.2) is 4.39 Å². The Morgan fingerprint density at radius 1 is 1.17 bits per heavy atom. The molecule has 0 saturated heterocycles. The number of benzene rings is 2. The molecule has 0 radical (unpaired) electrons. The van der Waals surface area contributed by atoms with E-state index < -0.39 is 0 Å². The second kappa shape index (κ2) is 6.52. The Kier molecular flexibility index (Phi) is 4.28. The summed E-state index contributed by atoms with van der Waals surface area (Å²) in [5.74, 6) is 0.872. The van der Waals surface area contributed by atoms with Crippen LogP contribution in [0.2, 0.25) is 0 Å². The molecule has 0 saturated carbocycles. The maximum absolute atomic E-state index is 12.8. The van der Waals surface area contributed by atoms with Crippen LogP contribution in [0, 0.1) is 5.82 Å². The van der Waals surface area contributed by atoms with Crippen LogP contribution in [0.25, 0.3) is 6.08 Å². The van der Waals surface area contributed by atoms with Crippen LogP contribution in [0.4, 0.5) is 4.39 Å². The van der Waals surface area contributed by atoms with Crippen molar-refractivity contribution in [2.24, 2.45) is 0 Å². The lowest BCUT2D eigenvalue weighted by Gasteiger charge is -2.13. The van der Waals surface area contributed by atoms with Gasteiger partial charge in [-0.1, -0.05) is 18.2 Å². The number of rotatable bonds is 4. The van der Waals surface area contributed by atoms with Crippen molar-refractivity contribution < 1.29 is 18.7 Å². The van der Waals surface area contributed by atoms with Crippen LogP contribution in [-0.2, 0) is 4.79 Å². The molecule has 2 aromatic carbocycles. The van der Waals surface area contributed by atoms with Gasteiger partial charge in [-0.05, 0) is 48.4 Å². The number of hydrogen-bond acceptors (Lipinski definition) is 3. The van der Waals surface area contributed by atoms with E-state index in [1.807, 2.05) is 25.1 Å². The molecule has 1 N–H and O–H groups in total. The van der Waals surface area contributed by atoms with E-state index in [9.17, 15) is 9.18 Å². The van der Waals surface area contributed by atoms with Gasteiger partial charge in [-0.15, -0.1) is 0 Å². The van der Waals surface area contributed by atoms with Crippen molar-refractivity contribution in [1.82, 2.24) is 5.32 Å². The number of carbonyl (C=O) groups is 1. The Hall–Kier alpha value is -2.82. The van der Waals surface area contributed by atoms with Crippen molar-refractivity contribution >= 4 is 12.0 Å². The van der Waals surface area contributed by atoms with Gasteiger partial charge in [-0.2, -0.15) is 0 Å². The maximum atomic E-state index is 12.8. The first-order valence-electron chi connectivity index (χ1n) is 7.25. The molecule has 3 rings (SSSR count). The van der Waals surface area contributed by atoms with Gasteiger partial charge >= 0.3 is 0 Å². The lowest BCUT2D eigenvalue weighted by atomic mass is 10.1. The summed E-state index contributed by atoms with van der Waals surface area (Å²) in [6.45, 7) is 2.11. The Morgan fingerprint density at radius 3 is 2.70 bits per heavy atom. The third kappa shape index (κ3) is 3.69. The van der Waals surface area contributed by atoms with E-state index in [0.29, 0.717) is 11.5 Å². The normalized spacial score (nSPS) is 14.0. The van der Waals surface area contributed by atoms with Gasteiger partial charge in [0.05, 0.1) is 6.04 Å². The Labute approximate surface area is 133 Å². The molecule has 1 unspecified atom stereocenters. The zero-order valence-corrected chi connectivity index (χ0v) is 12.6. The second-order valence-electron chi connectivity index (χ2n) is 5.23. The molecule has 1 aliphatic heterocycles. The molecule has 4 nitrogen and oxygen atoms in total. The van der Waals surface area contributed by atoms with Crippen molar-refractivity contribution in [3.8, 4) is 11.5 Å². The minimum absolute atomic E-state index is 0.171. The van der Waals surface area contributed by atoms with Crippen LogP contribution in [0.3, 0.4) is 0 Å². The van der Waals surface area contributed by atoms with Crippen LogP contribution in [0.1, 0.15) is 24.1 Å². The lowest BCUT2D eigenvalue weighted by molar-refractivity contribution is -0.117. The zero-order valence-electron chi connectivity index (χ0n) is 12.6. The van der Waals surface area contributed by atoms with Gasteiger partial charge in [-0.3, -0.25) is 4.79 Å². The number of halogens is 1. The second-order valence-corrected chi connectivity index (χ2v) is 5.23. The first-order valence-corrected chi connectivity index (χ1v) is 7.25. The summed E-state index contributed by atoms with van der Waals surface area (Å²) in [6.07, 6.45) is 3.07. The number of hydrogen-bond donors (Lipinski definition) is 1. The van der Waals surface area contributed by atoms with Crippen LogP contribution < -0.4 is 14.8 Å². The number of ether oxygens (including phenoxy) is 2. The molecule has 1 aliphatic rings. The van der Waals surface area contributed by atoms with Gasteiger partial charge in [0.15, 0.2) is 11.5 Å². The minimum atomic E-state index is -0.303. The predicted molar refractivity (Wildman–Crippen MR) is 84.6 cm³/mol. The molecule has 1 heterocycles. The molecule has 0 aromatic heterocycles. The third-order valence-electron chi connectivity index (χ3n) is 3.55. The SMILES string of the molecule is CC(NC(=O)/C=C/c1ccc(F)cc1)c1ccc2c(c1)OCO2. The first-order chi connectivity index (χ1) is 11.1. The molecule has 0 fully saturated rings. The van der Waals surface area contributed by atoms with Crippen LogP contribution >= 0.6 is 0 Å². The number of nitrogens with one attached hydrogen (secondary N) is 1. The van der Waals surface area contributed by atoms with Crippen molar-refractivity contribution in [3.05, 3.63) is 65.5 Å². The first kappa shape index (κ1) is 15.1. The molecule has 0 bridgehead atoms. The monoisotopic (exact) mass is 313 g/mol. The van der Waals surface area contributed by atoms with Crippen molar-refractivity contribution in [2.75, 3.05) is 6.79 Å². The fourth-order valence-corrected chi connectivity index (χ4v) is 2.27. The molecule has 1 atom stereocenters. The summed E-state index contributed by atoms with van der Waals surface area (Å²) in [5.41, 5.74) is 1.69. The smallest absolute Gasteiger partial charge is 0.244 e. The largest absolute Gasteiger partial charge is 0.454 e. The molecule has 1 amide bonds. The predicted octanol–water partition coefficient (Wildman–Crippen LogP) is 3.45. The topological polar surface area (TPSA) is 47.6 Å². The third-order valence-corrected chi connectivity index (χ3v) is 3.55. The molecular formula is C18H16FNO3. The summed E-state index contributed by atoms with van der Waals surface area (Å²) in [4.78, 5) is 12.0. The average molecular weight is 313 g/mol. The molecule has 2 aromatic rings. The molecule has 23 heavy (non-hydrogen) atoms. The van der Waals surface area contributed by atoms with Crippen molar-refractivity contribution in [3.63, 3.8) is 0 Å². The van der Waals surface area contributed by atoms with E-state index >= 15 is 0 Å². The van der Waals surface area contributed by atoms with Crippen molar-refractivity contribution in [1.29, 1.82) is 0 Å². The minimum Gasteiger partial charge on any atom is -0.454 e. The van der Waals surface area contributed by atoms with Gasteiger partial charge in [0.25, 0.3) is 0 Å². The van der Waals surface area contributed by atoms with E-state index in [1.54, 1.807) is 18.2 Å². The number of fused-ring (bicyclic) bond motifs is 1. The van der Waals surface area contributed by atoms with E-state index in [2.05, 4.69) is 5.32 Å². The Morgan fingerprint density at radius 2 is 1.91 bits per heavy atom. The number of carbonyl (C=O) groups excluding carboxylic acids is 1. The highest BCUT2D eigenvalue weighted by molar-refractivity contribution is 5.91. The molecule has 0 spiro atoms. The molecule has 118 valence electrons. The van der Waals surface area contributed by atoms with E-state index in [1.165, 1.54) is 18.2 Å². The van der Waals surface area contributed by atoms with E-state index in [-0.39, 0.29) is 24.6 Å². The van der Waals surface area contributed by atoms with Gasteiger partial charge < -0.3 is 14.8 Å². The Balaban J connectivity index is 1.62. The summed E-state index contributed by atoms with van der Waals surface area (Å²) >= 11 is 0. The lowest BCUT2D eigenvalue weighted by Crippen LogP contribution is -2.24. The highest BCUT2D eigenvalue weighted by atomic mass is 19.1. The summed E-state index contributed by atoms with van der Waals surface area (Å²) in [7, 11) is 0. The standard InChI is InChI=1S/C18H16FNO3/c1-12(14-5-8-16-17(10-14)23-11-22-16)20-18(21)9-4-13-2-6-15(19)7-3-13/h2-10,12H,11H2,1H3,(H,20,21)/b9-4+. The van der Waals surface area contributed by atoms with Gasteiger partial charge in [0, 0.05) is 6.08 Å². The van der Waals surface area contributed by atoms with Gasteiger partial charge in [0.1, 0.15) is 5.82 Å². The van der Waals surface area contributed by atoms with Crippen LogP contribution in [0.5, 0.6) is 11.5 Å². The summed E-state index contributed by atoms with van der Waals surface area (Å²) in [5, 5.41) is 2.87. The summed E-state index contributed by atoms with van der Waals surface area (Å²) < 4.78 is 23.4. The fraction of sp³-hybridized carbons (Fsp3) is 0.167. The van der Waals surface area contributed by atoms with Crippen molar-refractivity contribution in [2.45, 2.75) is 13.0 Å². The molecular weight excluding hydrogens is 297 g/mol. The summed E-state index contributed by atoms with van der Waals surface area (Å²) in [6, 6.07) is 11.3. The maximum Gasteiger partial charge on any atom is 0.244 e. The van der Waals surface area contributed by atoms with E-state index in [4.69, 9.17) is 9.47 Å². The molecule has 5 heteroatoms.